The maximum Gasteiger partial charge on any atom is 0.306 e. The van der Waals surface area contributed by atoms with Gasteiger partial charge in [0, 0.05) is 12.8 Å². The number of aliphatic hydroxyl groups excluding tert-OH is 1. The third-order valence-electron chi connectivity index (χ3n) is 13.2. The summed E-state index contributed by atoms with van der Waals surface area (Å²) in [7, 11) is 0. The van der Waals surface area contributed by atoms with E-state index in [0.29, 0.717) is 12.8 Å². The Balaban J connectivity index is 3.44. The number of rotatable bonds is 55. The Morgan fingerprint density at radius 1 is 0.343 bits per heavy atom. The van der Waals surface area contributed by atoms with E-state index in [1.807, 2.05) is 0 Å². The van der Waals surface area contributed by atoms with Gasteiger partial charge >= 0.3 is 11.9 Å². The molecule has 0 aliphatic heterocycles. The van der Waals surface area contributed by atoms with Crippen molar-refractivity contribution in [3.05, 3.63) is 85.1 Å². The molecule has 1 N–H and O–H groups in total. The zero-order valence-electron chi connectivity index (χ0n) is 46.3. The second-order valence-electron chi connectivity index (χ2n) is 20.1. The van der Waals surface area contributed by atoms with Crippen molar-refractivity contribution in [3.63, 3.8) is 0 Å². The summed E-state index contributed by atoms with van der Waals surface area (Å²) in [5.41, 5.74) is 0. The fourth-order valence-corrected chi connectivity index (χ4v) is 8.71. The lowest BCUT2D eigenvalue weighted by Crippen LogP contribution is -2.28. The lowest BCUT2D eigenvalue weighted by atomic mass is 10.0. The minimum atomic E-state index is -0.770. The quantitative estimate of drug-likeness (QED) is 0.0373. The third-order valence-corrected chi connectivity index (χ3v) is 13.2. The van der Waals surface area contributed by atoms with Crippen molar-refractivity contribution in [1.82, 2.24) is 0 Å². The van der Waals surface area contributed by atoms with Gasteiger partial charge in [-0.2, -0.15) is 0 Å². The molecule has 0 saturated heterocycles. The third kappa shape index (κ3) is 57.7. The molecule has 0 aromatic rings. The highest BCUT2D eigenvalue weighted by Crippen LogP contribution is 2.17. The first-order valence-electron chi connectivity index (χ1n) is 30.1. The zero-order valence-corrected chi connectivity index (χ0v) is 46.3. The van der Waals surface area contributed by atoms with E-state index < -0.39 is 6.10 Å². The Morgan fingerprint density at radius 2 is 0.614 bits per heavy atom. The van der Waals surface area contributed by atoms with Crippen LogP contribution in [0.4, 0.5) is 0 Å². The number of unbranched alkanes of at least 4 members (excludes halogenated alkanes) is 33. The molecule has 404 valence electrons. The molecule has 0 amide bonds. The number of ether oxygens (including phenoxy) is 2. The number of carbonyl (C=O) groups excluding carboxylic acids is 2. The summed E-state index contributed by atoms with van der Waals surface area (Å²) >= 11 is 0. The fraction of sp³-hybridized carbons (Fsp3) is 0.754. The Labute approximate surface area is 435 Å². The fourth-order valence-electron chi connectivity index (χ4n) is 8.71. The molecule has 0 spiro atoms. The van der Waals surface area contributed by atoms with E-state index in [-0.39, 0.29) is 25.2 Å². The molecular weight excluding hydrogens is 861 g/mol. The van der Waals surface area contributed by atoms with Gasteiger partial charge in [-0.3, -0.25) is 9.59 Å². The number of aliphatic hydroxyl groups is 1. The minimum absolute atomic E-state index is 0.0620. The predicted octanol–water partition coefficient (Wildman–Crippen LogP) is 20.5. The summed E-state index contributed by atoms with van der Waals surface area (Å²) in [4.78, 5) is 24.5. The van der Waals surface area contributed by atoms with Gasteiger partial charge in [0.05, 0.1) is 6.61 Å². The molecular formula is C65H114O5. The molecule has 0 radical (unpaired) electrons. The highest BCUT2D eigenvalue weighted by molar-refractivity contribution is 5.70. The van der Waals surface area contributed by atoms with Gasteiger partial charge in [0.25, 0.3) is 0 Å². The van der Waals surface area contributed by atoms with Gasteiger partial charge in [0.2, 0.25) is 0 Å². The van der Waals surface area contributed by atoms with Gasteiger partial charge in [0.15, 0.2) is 6.10 Å². The first-order valence-corrected chi connectivity index (χ1v) is 30.1. The Morgan fingerprint density at radius 3 is 0.929 bits per heavy atom. The lowest BCUT2D eigenvalue weighted by molar-refractivity contribution is -0.161. The zero-order chi connectivity index (χ0) is 50.6. The summed E-state index contributed by atoms with van der Waals surface area (Å²) in [6.45, 7) is 4.05. The van der Waals surface area contributed by atoms with Gasteiger partial charge in [-0.25, -0.2) is 0 Å². The summed E-state index contributed by atoms with van der Waals surface area (Å²) in [6, 6.07) is 0. The number of carbonyl (C=O) groups is 2. The molecule has 5 nitrogen and oxygen atoms in total. The number of allylic oxidation sites excluding steroid dienone is 14. The molecule has 0 aromatic heterocycles. The SMILES string of the molecule is CC/C=C\C/C=C\C/C=C\C/C=C\C/C=C\C/C=C\C/C=C\CCCCCCCCCCCCCCCCCCCCCC(=O)OC(CO)COC(=O)CCCCCCCCCCCCCCCCC. The second kappa shape index (κ2) is 60.4. The minimum Gasteiger partial charge on any atom is -0.462 e. The number of hydrogen-bond donors (Lipinski definition) is 1. The standard InChI is InChI=1S/C65H114O5/c1-3-5-7-9-11-13-15-17-19-20-21-22-23-24-25-26-27-28-29-30-31-32-33-34-35-36-37-38-39-40-41-42-43-44-46-48-50-52-54-56-58-60-65(68)70-63(61-66)62-69-64(67)59-57-55-53-51-49-47-45-18-16-14-12-10-8-6-4-2/h5,7,11,13,17,19,21-22,24-25,27-28,30-31,63,66H,3-4,6,8-10,12,14-16,18,20,23,26,29,32-62H2,1-2H3/b7-5-,13-11-,19-17-,22-21-,25-24-,28-27-,31-30-. The van der Waals surface area contributed by atoms with E-state index in [4.69, 9.17) is 9.47 Å². The van der Waals surface area contributed by atoms with Crippen LogP contribution >= 0.6 is 0 Å². The van der Waals surface area contributed by atoms with Crippen LogP contribution in [0.5, 0.6) is 0 Å². The summed E-state index contributed by atoms with van der Waals surface area (Å²) < 4.78 is 10.7. The molecule has 1 unspecified atom stereocenters. The van der Waals surface area contributed by atoms with E-state index in [2.05, 4.69) is 98.9 Å². The molecule has 0 aliphatic rings. The van der Waals surface area contributed by atoms with Crippen LogP contribution in [-0.4, -0.2) is 36.4 Å². The molecule has 0 bridgehead atoms. The van der Waals surface area contributed by atoms with E-state index in [1.165, 1.54) is 186 Å². The van der Waals surface area contributed by atoms with Gasteiger partial charge in [0.1, 0.15) is 6.61 Å². The number of esters is 2. The van der Waals surface area contributed by atoms with Crippen LogP contribution in [0.15, 0.2) is 85.1 Å². The van der Waals surface area contributed by atoms with Crippen molar-refractivity contribution < 1.29 is 24.2 Å². The Hall–Kier alpha value is -2.92. The molecule has 0 aliphatic carbocycles. The average molecular weight is 976 g/mol. The molecule has 70 heavy (non-hydrogen) atoms. The summed E-state index contributed by atoms with van der Waals surface area (Å²) in [5, 5.41) is 9.64. The van der Waals surface area contributed by atoms with Crippen molar-refractivity contribution in [2.75, 3.05) is 13.2 Å². The highest BCUT2D eigenvalue weighted by Gasteiger charge is 2.16. The van der Waals surface area contributed by atoms with Crippen LogP contribution in [-0.2, 0) is 19.1 Å². The largest absolute Gasteiger partial charge is 0.462 e. The van der Waals surface area contributed by atoms with E-state index >= 15 is 0 Å². The molecule has 1 atom stereocenters. The monoisotopic (exact) mass is 975 g/mol. The van der Waals surface area contributed by atoms with Crippen molar-refractivity contribution in [3.8, 4) is 0 Å². The lowest BCUT2D eigenvalue weighted by Gasteiger charge is -2.15. The van der Waals surface area contributed by atoms with Crippen LogP contribution in [0.2, 0.25) is 0 Å². The Bertz CT molecular complexity index is 1290. The average Bonchev–Trinajstić information content (AvgIpc) is 3.36. The first kappa shape index (κ1) is 67.1. The molecule has 0 rings (SSSR count). The van der Waals surface area contributed by atoms with Gasteiger partial charge < -0.3 is 14.6 Å². The maximum absolute atomic E-state index is 12.3. The van der Waals surface area contributed by atoms with Crippen LogP contribution < -0.4 is 0 Å². The van der Waals surface area contributed by atoms with E-state index in [9.17, 15) is 14.7 Å². The maximum atomic E-state index is 12.3. The Kier molecular flexibility index (Phi) is 57.9. The first-order chi connectivity index (χ1) is 34.6. The van der Waals surface area contributed by atoms with Crippen LogP contribution in [0, 0.1) is 0 Å². The number of hydrogen-bond acceptors (Lipinski definition) is 5. The second-order valence-corrected chi connectivity index (χ2v) is 20.1. The predicted molar refractivity (Wildman–Crippen MR) is 306 cm³/mol. The molecule has 5 heteroatoms. The normalized spacial score (nSPS) is 12.8. The van der Waals surface area contributed by atoms with E-state index in [1.54, 1.807) is 0 Å². The van der Waals surface area contributed by atoms with Gasteiger partial charge in [-0.15, -0.1) is 0 Å². The van der Waals surface area contributed by atoms with Crippen LogP contribution in [0.1, 0.15) is 296 Å². The van der Waals surface area contributed by atoms with E-state index in [0.717, 1.165) is 83.5 Å². The van der Waals surface area contributed by atoms with Crippen LogP contribution in [0.25, 0.3) is 0 Å². The van der Waals surface area contributed by atoms with Crippen molar-refractivity contribution in [1.29, 1.82) is 0 Å². The molecule has 0 aromatic carbocycles. The highest BCUT2D eigenvalue weighted by atomic mass is 16.6. The van der Waals surface area contributed by atoms with Crippen molar-refractivity contribution in [2.45, 2.75) is 302 Å². The smallest absolute Gasteiger partial charge is 0.306 e. The summed E-state index contributed by atoms with van der Waals surface area (Å²) in [5.74, 6) is -0.577. The molecule has 0 saturated carbocycles. The van der Waals surface area contributed by atoms with Crippen molar-refractivity contribution in [2.24, 2.45) is 0 Å². The topological polar surface area (TPSA) is 72.8 Å². The molecule has 0 heterocycles. The molecule has 0 fully saturated rings. The van der Waals surface area contributed by atoms with Crippen molar-refractivity contribution >= 4 is 11.9 Å². The van der Waals surface area contributed by atoms with Crippen LogP contribution in [0.3, 0.4) is 0 Å². The van der Waals surface area contributed by atoms with Gasteiger partial charge in [-0.1, -0.05) is 298 Å². The van der Waals surface area contributed by atoms with Gasteiger partial charge in [-0.05, 0) is 70.6 Å². The summed E-state index contributed by atoms with van der Waals surface area (Å²) in [6.07, 6.45) is 84.4.